The van der Waals surface area contributed by atoms with Crippen molar-refractivity contribution in [2.45, 2.75) is 62.1 Å². The SMILES string of the molecule is C=CCN1CCCc2c3ccc(O)c2OC2CC(O)(CCC24OCCO4)C1C3. The molecule has 0 amide bonds. The summed E-state index contributed by atoms with van der Waals surface area (Å²) in [6.07, 6.45) is 5.57. The molecule has 6 nitrogen and oxygen atoms in total. The van der Waals surface area contributed by atoms with Gasteiger partial charge >= 0.3 is 0 Å². The Morgan fingerprint density at radius 2 is 2.07 bits per heavy atom. The molecule has 1 saturated carbocycles. The Hall–Kier alpha value is -1.60. The van der Waals surface area contributed by atoms with Crippen molar-refractivity contribution in [1.82, 2.24) is 4.90 Å². The Labute approximate surface area is 165 Å². The standard InChI is InChI=1S/C22H29NO5/c1-2-9-23-10-3-4-16-15-5-6-17(24)20(16)28-19-14-21(25,18(23)13-15)7-8-22(19)26-11-12-27-22/h2,5-6,18-19,24-25H,1,3-4,7-14H2. The van der Waals surface area contributed by atoms with Gasteiger partial charge in [0.15, 0.2) is 17.6 Å². The molecule has 3 heterocycles. The number of aliphatic hydroxyl groups is 1. The normalized spacial score (nSPS) is 34.0. The van der Waals surface area contributed by atoms with E-state index in [2.05, 4.69) is 11.5 Å². The van der Waals surface area contributed by atoms with Gasteiger partial charge in [0.05, 0.1) is 18.8 Å². The number of rotatable bonds is 2. The van der Waals surface area contributed by atoms with Crippen molar-refractivity contribution in [3.8, 4) is 11.5 Å². The number of fused-ring (bicyclic) bond motifs is 5. The molecule has 3 atom stereocenters. The molecule has 1 aliphatic carbocycles. The molecular formula is C22H29NO5. The van der Waals surface area contributed by atoms with Crippen molar-refractivity contribution in [3.05, 3.63) is 35.9 Å². The van der Waals surface area contributed by atoms with Gasteiger partial charge in [0, 0.05) is 31.0 Å². The highest BCUT2D eigenvalue weighted by Gasteiger charge is 2.58. The van der Waals surface area contributed by atoms with Gasteiger partial charge in [-0.2, -0.15) is 0 Å². The van der Waals surface area contributed by atoms with Gasteiger partial charge in [-0.15, -0.1) is 6.58 Å². The largest absolute Gasteiger partial charge is 0.504 e. The third kappa shape index (κ3) is 2.77. The first-order valence-electron chi connectivity index (χ1n) is 10.4. The predicted octanol–water partition coefficient (Wildman–Crippen LogP) is 2.16. The summed E-state index contributed by atoms with van der Waals surface area (Å²) in [5.41, 5.74) is 1.30. The van der Waals surface area contributed by atoms with Crippen molar-refractivity contribution < 1.29 is 24.4 Å². The van der Waals surface area contributed by atoms with Crippen LogP contribution in [0.15, 0.2) is 24.8 Å². The molecule has 6 heteroatoms. The van der Waals surface area contributed by atoms with Crippen LogP contribution >= 0.6 is 0 Å². The van der Waals surface area contributed by atoms with E-state index in [0.717, 1.165) is 43.5 Å². The van der Waals surface area contributed by atoms with Crippen molar-refractivity contribution in [1.29, 1.82) is 0 Å². The van der Waals surface area contributed by atoms with Gasteiger partial charge in [0.2, 0.25) is 5.79 Å². The molecule has 1 spiro atoms. The Bertz CT molecular complexity index is 774. The van der Waals surface area contributed by atoms with E-state index in [0.29, 0.717) is 38.2 Å². The molecule has 6 bridgehead atoms. The minimum absolute atomic E-state index is 0.0371. The Morgan fingerprint density at radius 1 is 1.25 bits per heavy atom. The van der Waals surface area contributed by atoms with E-state index in [1.165, 1.54) is 0 Å². The lowest BCUT2D eigenvalue weighted by atomic mass is 9.72. The minimum atomic E-state index is -0.912. The predicted molar refractivity (Wildman–Crippen MR) is 104 cm³/mol. The van der Waals surface area contributed by atoms with Crippen LogP contribution in [0, 0.1) is 0 Å². The van der Waals surface area contributed by atoms with E-state index in [-0.39, 0.29) is 11.8 Å². The van der Waals surface area contributed by atoms with Crippen LogP contribution in [0.1, 0.15) is 36.8 Å². The number of ether oxygens (including phenoxy) is 3. The maximum atomic E-state index is 11.9. The van der Waals surface area contributed by atoms with Crippen LogP contribution in [-0.2, 0) is 22.3 Å². The zero-order valence-corrected chi connectivity index (χ0v) is 16.2. The summed E-state index contributed by atoms with van der Waals surface area (Å²) in [5.74, 6) is -0.135. The van der Waals surface area contributed by atoms with E-state index < -0.39 is 17.5 Å². The second kappa shape index (κ2) is 6.73. The van der Waals surface area contributed by atoms with Gasteiger partial charge in [0.1, 0.15) is 0 Å². The van der Waals surface area contributed by atoms with Gasteiger partial charge in [-0.25, -0.2) is 0 Å². The third-order valence-electron chi connectivity index (χ3n) is 7.02. The number of phenols is 1. The van der Waals surface area contributed by atoms with Crippen molar-refractivity contribution in [2.75, 3.05) is 26.3 Å². The molecule has 1 saturated heterocycles. The van der Waals surface area contributed by atoms with E-state index in [1.54, 1.807) is 6.07 Å². The van der Waals surface area contributed by atoms with Crippen LogP contribution in [-0.4, -0.2) is 65.0 Å². The molecule has 3 aliphatic heterocycles. The zero-order chi connectivity index (χ0) is 19.4. The number of aromatic hydroxyl groups is 1. The molecule has 2 N–H and O–H groups in total. The van der Waals surface area contributed by atoms with Gasteiger partial charge in [-0.05, 0) is 43.9 Å². The number of benzene rings is 1. The molecule has 2 fully saturated rings. The van der Waals surface area contributed by atoms with E-state index in [4.69, 9.17) is 14.2 Å². The fourth-order valence-electron chi connectivity index (χ4n) is 5.63. The van der Waals surface area contributed by atoms with Crippen molar-refractivity contribution in [2.24, 2.45) is 0 Å². The van der Waals surface area contributed by atoms with Crippen molar-refractivity contribution >= 4 is 0 Å². The lowest BCUT2D eigenvalue weighted by molar-refractivity contribution is -0.258. The van der Waals surface area contributed by atoms with Crippen molar-refractivity contribution in [3.63, 3.8) is 0 Å². The van der Waals surface area contributed by atoms with Crippen LogP contribution in [0.2, 0.25) is 0 Å². The van der Waals surface area contributed by atoms with Crippen LogP contribution < -0.4 is 4.74 Å². The summed E-state index contributed by atoms with van der Waals surface area (Å²) in [7, 11) is 0. The number of hydrogen-bond donors (Lipinski definition) is 2. The van der Waals surface area contributed by atoms with Gasteiger partial charge in [-0.1, -0.05) is 12.1 Å². The summed E-state index contributed by atoms with van der Waals surface area (Å²) in [5, 5.41) is 22.5. The molecule has 0 aromatic heterocycles. The van der Waals surface area contributed by atoms with Crippen LogP contribution in [0.4, 0.5) is 0 Å². The van der Waals surface area contributed by atoms with Crippen LogP contribution in [0.5, 0.6) is 11.5 Å². The highest BCUT2D eigenvalue weighted by molar-refractivity contribution is 5.51. The summed E-state index contributed by atoms with van der Waals surface area (Å²) >= 11 is 0. The number of hydrogen-bond acceptors (Lipinski definition) is 6. The monoisotopic (exact) mass is 387 g/mol. The molecular weight excluding hydrogens is 358 g/mol. The fourth-order valence-corrected chi connectivity index (χ4v) is 5.63. The van der Waals surface area contributed by atoms with Crippen LogP contribution in [0.25, 0.3) is 0 Å². The fraction of sp³-hybridized carbons (Fsp3) is 0.636. The first kappa shape index (κ1) is 18.4. The van der Waals surface area contributed by atoms with Gasteiger partial charge < -0.3 is 24.4 Å². The third-order valence-corrected chi connectivity index (χ3v) is 7.02. The average molecular weight is 387 g/mol. The molecule has 1 aromatic rings. The van der Waals surface area contributed by atoms with Crippen LogP contribution in [0.3, 0.4) is 0 Å². The second-order valence-corrected chi connectivity index (χ2v) is 8.58. The molecule has 0 radical (unpaired) electrons. The summed E-state index contributed by atoms with van der Waals surface area (Å²) in [4.78, 5) is 2.36. The topological polar surface area (TPSA) is 71.4 Å². The minimum Gasteiger partial charge on any atom is -0.504 e. The summed E-state index contributed by atoms with van der Waals surface area (Å²) < 4.78 is 18.5. The van der Waals surface area contributed by atoms with E-state index in [1.807, 2.05) is 12.1 Å². The highest BCUT2D eigenvalue weighted by Crippen LogP contribution is 2.49. The zero-order valence-electron chi connectivity index (χ0n) is 16.2. The quantitative estimate of drug-likeness (QED) is 0.758. The molecule has 4 aliphatic rings. The molecule has 1 aromatic carbocycles. The first-order chi connectivity index (χ1) is 13.5. The molecule has 28 heavy (non-hydrogen) atoms. The average Bonchev–Trinajstić information content (AvgIpc) is 3.13. The molecule has 5 rings (SSSR count). The smallest absolute Gasteiger partial charge is 0.206 e. The number of phenolic OH excluding ortho intramolecular Hbond substituents is 1. The number of nitrogens with zero attached hydrogens (tertiary/aromatic N) is 1. The summed E-state index contributed by atoms with van der Waals surface area (Å²) in [6.45, 7) is 6.62. The van der Waals surface area contributed by atoms with E-state index >= 15 is 0 Å². The lowest BCUT2D eigenvalue weighted by Gasteiger charge is -2.50. The van der Waals surface area contributed by atoms with E-state index in [9.17, 15) is 10.2 Å². The first-order valence-corrected chi connectivity index (χ1v) is 10.4. The maximum absolute atomic E-state index is 11.9. The molecule has 3 unspecified atom stereocenters. The second-order valence-electron chi connectivity index (χ2n) is 8.58. The lowest BCUT2D eigenvalue weighted by Crippen LogP contribution is -2.63. The maximum Gasteiger partial charge on any atom is 0.206 e. The Balaban J connectivity index is 1.66. The highest BCUT2D eigenvalue weighted by atomic mass is 16.8. The summed E-state index contributed by atoms with van der Waals surface area (Å²) in [6, 6.07) is 3.66. The molecule has 152 valence electrons. The Kier molecular flexibility index (Phi) is 4.43. The van der Waals surface area contributed by atoms with Gasteiger partial charge in [0.25, 0.3) is 0 Å². The van der Waals surface area contributed by atoms with Gasteiger partial charge in [-0.3, -0.25) is 4.90 Å². The Morgan fingerprint density at radius 3 is 2.86 bits per heavy atom.